The number of rotatable bonds is 3. The van der Waals surface area contributed by atoms with Gasteiger partial charge in [0, 0.05) is 28.9 Å². The van der Waals surface area contributed by atoms with Gasteiger partial charge in [0.05, 0.1) is 5.56 Å². The zero-order valence-electron chi connectivity index (χ0n) is 11.3. The Morgan fingerprint density at radius 3 is 2.16 bits per heavy atom. The molecule has 0 aliphatic carbocycles. The van der Waals surface area contributed by atoms with Crippen LogP contribution in [0, 0.1) is 5.41 Å². The number of ketones is 1. The molecule has 0 bridgehead atoms. The van der Waals surface area contributed by atoms with Gasteiger partial charge in [0.2, 0.25) is 0 Å². The highest BCUT2D eigenvalue weighted by molar-refractivity contribution is 6.02. The second-order valence-electron chi connectivity index (χ2n) is 5.59. The minimum absolute atomic E-state index is 0.446. The summed E-state index contributed by atoms with van der Waals surface area (Å²) >= 11 is 0. The topological polar surface area (TPSA) is 56.0 Å². The van der Waals surface area contributed by atoms with Crippen molar-refractivity contribution >= 4 is 5.78 Å². The van der Waals surface area contributed by atoms with Crippen molar-refractivity contribution in [2.45, 2.75) is 39.4 Å². The van der Waals surface area contributed by atoms with Gasteiger partial charge in [-0.3, -0.25) is 9.78 Å². The maximum atomic E-state index is 12.9. The maximum absolute atomic E-state index is 12.9. The van der Waals surface area contributed by atoms with Gasteiger partial charge in [-0.15, -0.1) is 0 Å². The lowest BCUT2D eigenvalue weighted by Gasteiger charge is -2.37. The normalized spacial score (nSPS) is 13.5. The van der Waals surface area contributed by atoms with Gasteiger partial charge in [0.15, 0.2) is 5.78 Å². The Morgan fingerprint density at radius 2 is 1.74 bits per heavy atom. The van der Waals surface area contributed by atoms with Gasteiger partial charge in [-0.2, -0.15) is 13.2 Å². The van der Waals surface area contributed by atoms with Crippen LogP contribution in [0.3, 0.4) is 0 Å². The summed E-state index contributed by atoms with van der Waals surface area (Å²) in [4.78, 5) is 16.0. The number of nitrogens with zero attached hydrogens (tertiary/aromatic N) is 1. The zero-order chi connectivity index (χ0) is 15.1. The first-order valence-corrected chi connectivity index (χ1v) is 5.74. The molecule has 0 spiro atoms. The second-order valence-corrected chi connectivity index (χ2v) is 5.59. The number of carbonyl (C=O) groups excluding carboxylic acids is 1. The number of halogens is 3. The van der Waals surface area contributed by atoms with E-state index in [0.29, 0.717) is 0 Å². The highest BCUT2D eigenvalue weighted by Crippen LogP contribution is 2.37. The summed E-state index contributed by atoms with van der Waals surface area (Å²) < 4.78 is 38.6. The second kappa shape index (κ2) is 4.59. The molecule has 0 saturated heterocycles. The Balaban J connectivity index is 3.37. The lowest BCUT2D eigenvalue weighted by molar-refractivity contribution is -0.138. The van der Waals surface area contributed by atoms with Crippen LogP contribution in [0.1, 0.15) is 43.6 Å². The fraction of sp³-hybridized carbons (Fsp3) is 0.538. The van der Waals surface area contributed by atoms with Gasteiger partial charge in [-0.05, 0) is 19.9 Å². The standard InChI is InChI=1S/C13H17F3N2O/c1-11(2,12(3,4)17)10(19)8-7-18-6-5-9(8)13(14,15)16/h5-7H,17H2,1-4H3. The molecule has 0 aliphatic rings. The van der Waals surface area contributed by atoms with Crippen molar-refractivity contribution in [2.24, 2.45) is 11.1 Å². The van der Waals surface area contributed by atoms with E-state index in [2.05, 4.69) is 4.98 Å². The number of hydrogen-bond donors (Lipinski definition) is 1. The first-order valence-electron chi connectivity index (χ1n) is 5.74. The molecule has 0 radical (unpaired) electrons. The van der Waals surface area contributed by atoms with Crippen molar-refractivity contribution in [1.29, 1.82) is 0 Å². The van der Waals surface area contributed by atoms with Crippen LogP contribution in [-0.4, -0.2) is 16.3 Å². The van der Waals surface area contributed by atoms with E-state index in [1.807, 2.05) is 0 Å². The van der Waals surface area contributed by atoms with Crippen LogP contribution in [0.5, 0.6) is 0 Å². The molecule has 0 unspecified atom stereocenters. The number of carbonyl (C=O) groups is 1. The number of alkyl halides is 3. The van der Waals surface area contributed by atoms with Crippen molar-refractivity contribution in [2.75, 3.05) is 0 Å². The SMILES string of the molecule is CC(C)(N)C(C)(C)C(=O)c1cnccc1C(F)(F)F. The minimum atomic E-state index is -4.59. The largest absolute Gasteiger partial charge is 0.417 e. The van der Waals surface area contributed by atoms with Crippen molar-refractivity contribution in [3.63, 3.8) is 0 Å². The molecule has 0 aromatic carbocycles. The third kappa shape index (κ3) is 2.94. The van der Waals surface area contributed by atoms with Gasteiger partial charge in [-0.25, -0.2) is 0 Å². The van der Waals surface area contributed by atoms with E-state index < -0.39 is 34.0 Å². The van der Waals surface area contributed by atoms with Crippen molar-refractivity contribution in [3.8, 4) is 0 Å². The Morgan fingerprint density at radius 1 is 1.21 bits per heavy atom. The summed E-state index contributed by atoms with van der Waals surface area (Å²) in [5.74, 6) is -0.666. The Labute approximate surface area is 110 Å². The van der Waals surface area contributed by atoms with Gasteiger partial charge >= 0.3 is 6.18 Å². The molecule has 3 nitrogen and oxygen atoms in total. The molecule has 2 N–H and O–H groups in total. The van der Waals surface area contributed by atoms with E-state index in [-0.39, 0.29) is 0 Å². The fourth-order valence-electron chi connectivity index (χ4n) is 1.45. The summed E-state index contributed by atoms with van der Waals surface area (Å²) in [5.41, 5.74) is 2.36. The van der Waals surface area contributed by atoms with Crippen molar-refractivity contribution < 1.29 is 18.0 Å². The molecule has 0 fully saturated rings. The van der Waals surface area contributed by atoms with E-state index in [0.717, 1.165) is 18.5 Å². The third-order valence-corrected chi connectivity index (χ3v) is 3.55. The predicted molar refractivity (Wildman–Crippen MR) is 65.6 cm³/mol. The summed E-state index contributed by atoms with van der Waals surface area (Å²) in [7, 11) is 0. The molecule has 1 aromatic rings. The average Bonchev–Trinajstić information content (AvgIpc) is 2.25. The highest BCUT2D eigenvalue weighted by Gasteiger charge is 2.44. The van der Waals surface area contributed by atoms with E-state index in [4.69, 9.17) is 5.73 Å². The molecule has 19 heavy (non-hydrogen) atoms. The minimum Gasteiger partial charge on any atom is -0.325 e. The van der Waals surface area contributed by atoms with E-state index in [1.165, 1.54) is 13.8 Å². The smallest absolute Gasteiger partial charge is 0.325 e. The van der Waals surface area contributed by atoms with Crippen LogP contribution in [0.2, 0.25) is 0 Å². The quantitative estimate of drug-likeness (QED) is 0.862. The summed E-state index contributed by atoms with van der Waals surface area (Å²) in [6, 6.07) is 0.798. The van der Waals surface area contributed by atoms with Crippen LogP contribution in [-0.2, 0) is 6.18 Å². The number of aromatic nitrogens is 1. The molecule has 6 heteroatoms. The highest BCUT2D eigenvalue weighted by atomic mass is 19.4. The van der Waals surface area contributed by atoms with Crippen LogP contribution < -0.4 is 5.73 Å². The number of hydrogen-bond acceptors (Lipinski definition) is 3. The molecule has 1 aromatic heterocycles. The van der Waals surface area contributed by atoms with Gasteiger partial charge in [-0.1, -0.05) is 13.8 Å². The number of pyridine rings is 1. The molecule has 1 rings (SSSR count). The molecule has 0 saturated carbocycles. The maximum Gasteiger partial charge on any atom is 0.417 e. The monoisotopic (exact) mass is 274 g/mol. The lowest BCUT2D eigenvalue weighted by Crippen LogP contribution is -2.52. The van der Waals surface area contributed by atoms with E-state index in [1.54, 1.807) is 13.8 Å². The fourth-order valence-corrected chi connectivity index (χ4v) is 1.45. The molecule has 0 amide bonds. The zero-order valence-corrected chi connectivity index (χ0v) is 11.3. The first kappa shape index (κ1) is 15.6. The number of nitrogens with two attached hydrogens (primary N) is 1. The molecule has 0 atom stereocenters. The third-order valence-electron chi connectivity index (χ3n) is 3.55. The summed E-state index contributed by atoms with van der Waals surface area (Å²) in [6.07, 6.45) is -2.64. The number of Topliss-reactive ketones (excluding diaryl/α,β-unsaturated/α-hetero) is 1. The van der Waals surface area contributed by atoms with Gasteiger partial charge < -0.3 is 5.73 Å². The van der Waals surface area contributed by atoms with Gasteiger partial charge in [0.25, 0.3) is 0 Å². The molecule has 106 valence electrons. The van der Waals surface area contributed by atoms with Crippen molar-refractivity contribution in [3.05, 3.63) is 29.6 Å². The Bertz CT molecular complexity index is 487. The van der Waals surface area contributed by atoms with Crippen molar-refractivity contribution in [1.82, 2.24) is 4.98 Å². The van der Waals surface area contributed by atoms with Crippen LogP contribution in [0.25, 0.3) is 0 Å². The van der Waals surface area contributed by atoms with Crippen LogP contribution >= 0.6 is 0 Å². The molecular weight excluding hydrogens is 257 g/mol. The molecule has 1 heterocycles. The Kier molecular flexibility index (Phi) is 3.78. The summed E-state index contributed by atoms with van der Waals surface area (Å²) in [6.45, 7) is 6.27. The summed E-state index contributed by atoms with van der Waals surface area (Å²) in [5, 5.41) is 0. The first-order chi connectivity index (χ1) is 8.39. The average molecular weight is 274 g/mol. The predicted octanol–water partition coefficient (Wildman–Crippen LogP) is 3.05. The van der Waals surface area contributed by atoms with E-state index in [9.17, 15) is 18.0 Å². The van der Waals surface area contributed by atoms with E-state index >= 15 is 0 Å². The van der Waals surface area contributed by atoms with Crippen LogP contribution in [0.4, 0.5) is 13.2 Å². The van der Waals surface area contributed by atoms with Crippen LogP contribution in [0.15, 0.2) is 18.5 Å². The molecule has 0 aliphatic heterocycles. The van der Waals surface area contributed by atoms with Gasteiger partial charge in [0.1, 0.15) is 0 Å². The molecular formula is C13H17F3N2O. The lowest BCUT2D eigenvalue weighted by atomic mass is 9.70. The Hall–Kier alpha value is -1.43.